The van der Waals surface area contributed by atoms with Crippen molar-refractivity contribution < 1.29 is 8.42 Å². The number of aromatic amines is 1. The van der Waals surface area contributed by atoms with Gasteiger partial charge in [-0.3, -0.25) is 0 Å². The van der Waals surface area contributed by atoms with Crippen molar-refractivity contribution >= 4 is 21.5 Å². The molecule has 0 amide bonds. The largest absolute Gasteiger partial charge is 0.352 e. The summed E-state index contributed by atoms with van der Waals surface area (Å²) in [5, 5.41) is 13.2. The monoisotopic (exact) mass is 374 g/mol. The van der Waals surface area contributed by atoms with Crippen LogP contribution < -0.4 is 4.90 Å². The maximum absolute atomic E-state index is 12.5. The highest BCUT2D eigenvalue weighted by atomic mass is 32.2. The second-order valence-electron chi connectivity index (χ2n) is 6.79. The SMILES string of the molecule is CN(C1CN(c2ccc3nnc(C4CC4)n3n2)C1)S(=O)(=O)c1cnc[nH]1. The van der Waals surface area contributed by atoms with E-state index in [1.54, 1.807) is 7.05 Å². The number of hydrogen-bond donors (Lipinski definition) is 1. The predicted octanol–water partition coefficient (Wildman–Crippen LogP) is 0.234. The van der Waals surface area contributed by atoms with Gasteiger partial charge in [-0.05, 0) is 25.0 Å². The number of aromatic nitrogens is 6. The Labute approximate surface area is 149 Å². The minimum Gasteiger partial charge on any atom is -0.352 e. The van der Waals surface area contributed by atoms with Gasteiger partial charge in [0.1, 0.15) is 5.82 Å². The number of nitrogens with one attached hydrogen (secondary N) is 1. The Bertz CT molecular complexity index is 1050. The Morgan fingerprint density at radius 3 is 2.73 bits per heavy atom. The Hall–Kier alpha value is -2.53. The van der Waals surface area contributed by atoms with Crippen molar-refractivity contribution in [3.8, 4) is 0 Å². The molecule has 1 aliphatic carbocycles. The van der Waals surface area contributed by atoms with Crippen molar-refractivity contribution in [3.63, 3.8) is 0 Å². The summed E-state index contributed by atoms with van der Waals surface area (Å²) in [6.07, 6.45) is 4.95. The molecule has 2 aliphatic rings. The molecule has 3 aromatic heterocycles. The molecule has 11 heteroatoms. The fraction of sp³-hybridized carbons (Fsp3) is 0.467. The molecular weight excluding hydrogens is 356 g/mol. The molecule has 0 atom stereocenters. The summed E-state index contributed by atoms with van der Waals surface area (Å²) in [6.45, 7) is 1.17. The fourth-order valence-corrected chi connectivity index (χ4v) is 4.40. The third-order valence-electron chi connectivity index (χ3n) is 5.05. The van der Waals surface area contributed by atoms with Crippen molar-refractivity contribution in [1.29, 1.82) is 0 Å². The van der Waals surface area contributed by atoms with Gasteiger partial charge >= 0.3 is 0 Å². The standard InChI is InChI=1S/C15H18N8O2S/c1-21(26(24,25)14-6-16-9-17-14)11-7-22(8-11)13-5-4-12-18-19-15(10-2-3-10)23(12)20-13/h4-6,9-11H,2-3,7-8H2,1H3,(H,16,17). The average Bonchev–Trinajstić information content (AvgIpc) is 3.11. The van der Waals surface area contributed by atoms with Crippen LogP contribution in [0.5, 0.6) is 0 Å². The van der Waals surface area contributed by atoms with Gasteiger partial charge in [-0.1, -0.05) is 0 Å². The highest BCUT2D eigenvalue weighted by Crippen LogP contribution is 2.38. The van der Waals surface area contributed by atoms with E-state index in [1.807, 2.05) is 16.6 Å². The Morgan fingerprint density at radius 2 is 2.04 bits per heavy atom. The molecule has 3 aromatic rings. The molecule has 0 radical (unpaired) electrons. The second kappa shape index (κ2) is 5.48. The topological polar surface area (TPSA) is 112 Å². The highest BCUT2D eigenvalue weighted by Gasteiger charge is 2.38. The molecule has 1 N–H and O–H groups in total. The lowest BCUT2D eigenvalue weighted by atomic mass is 10.1. The van der Waals surface area contributed by atoms with Crippen LogP contribution >= 0.6 is 0 Å². The van der Waals surface area contributed by atoms with Crippen molar-refractivity contribution in [3.05, 3.63) is 30.5 Å². The molecule has 26 heavy (non-hydrogen) atoms. The van der Waals surface area contributed by atoms with Gasteiger partial charge < -0.3 is 9.88 Å². The quantitative estimate of drug-likeness (QED) is 0.680. The first kappa shape index (κ1) is 15.7. The number of imidazole rings is 1. The second-order valence-corrected chi connectivity index (χ2v) is 8.76. The molecule has 0 aromatic carbocycles. The zero-order chi connectivity index (χ0) is 17.9. The maximum atomic E-state index is 12.5. The molecule has 0 unspecified atom stereocenters. The lowest BCUT2D eigenvalue weighted by Crippen LogP contribution is -2.60. The lowest BCUT2D eigenvalue weighted by Gasteiger charge is -2.43. The first-order valence-corrected chi connectivity index (χ1v) is 9.92. The van der Waals surface area contributed by atoms with Crippen LogP contribution in [0.2, 0.25) is 0 Å². The van der Waals surface area contributed by atoms with Gasteiger partial charge in [-0.25, -0.2) is 13.4 Å². The van der Waals surface area contributed by atoms with Crippen molar-refractivity contribution in [2.24, 2.45) is 0 Å². The Morgan fingerprint density at radius 1 is 1.23 bits per heavy atom. The van der Waals surface area contributed by atoms with Crippen molar-refractivity contribution in [2.75, 3.05) is 25.0 Å². The van der Waals surface area contributed by atoms with E-state index in [2.05, 4.69) is 30.2 Å². The molecule has 136 valence electrons. The van der Waals surface area contributed by atoms with E-state index < -0.39 is 10.0 Å². The van der Waals surface area contributed by atoms with Gasteiger partial charge in [-0.15, -0.1) is 15.3 Å². The first-order chi connectivity index (χ1) is 12.5. The summed E-state index contributed by atoms with van der Waals surface area (Å²) in [4.78, 5) is 8.51. The number of anilines is 1. The van der Waals surface area contributed by atoms with Gasteiger partial charge in [0, 0.05) is 26.1 Å². The van der Waals surface area contributed by atoms with E-state index >= 15 is 0 Å². The third-order valence-corrected chi connectivity index (χ3v) is 6.88. The predicted molar refractivity (Wildman–Crippen MR) is 92.3 cm³/mol. The van der Waals surface area contributed by atoms with Gasteiger partial charge in [0.05, 0.1) is 18.6 Å². The summed E-state index contributed by atoms with van der Waals surface area (Å²) in [5.41, 5.74) is 0.742. The summed E-state index contributed by atoms with van der Waals surface area (Å²) in [5.74, 6) is 2.18. The molecule has 2 fully saturated rings. The molecule has 0 bridgehead atoms. The van der Waals surface area contributed by atoms with E-state index in [4.69, 9.17) is 0 Å². The van der Waals surface area contributed by atoms with E-state index in [-0.39, 0.29) is 11.1 Å². The molecule has 10 nitrogen and oxygen atoms in total. The summed E-state index contributed by atoms with van der Waals surface area (Å²) in [7, 11) is -1.96. The number of sulfonamides is 1. The van der Waals surface area contributed by atoms with Gasteiger partial charge in [0.2, 0.25) is 0 Å². The van der Waals surface area contributed by atoms with Gasteiger partial charge in [-0.2, -0.15) is 8.82 Å². The smallest absolute Gasteiger partial charge is 0.260 e. The van der Waals surface area contributed by atoms with Crippen LogP contribution in [-0.4, -0.2) is 68.7 Å². The zero-order valence-electron chi connectivity index (χ0n) is 14.1. The number of hydrogen-bond acceptors (Lipinski definition) is 7. The minimum atomic E-state index is -3.55. The number of H-pyrrole nitrogens is 1. The van der Waals surface area contributed by atoms with Crippen LogP contribution in [0.4, 0.5) is 5.82 Å². The third kappa shape index (κ3) is 2.38. The van der Waals surface area contributed by atoms with Crippen molar-refractivity contribution in [2.45, 2.75) is 29.8 Å². The van der Waals surface area contributed by atoms with E-state index in [9.17, 15) is 8.42 Å². The first-order valence-electron chi connectivity index (χ1n) is 8.48. The molecule has 5 rings (SSSR count). The lowest BCUT2D eigenvalue weighted by molar-refractivity contribution is 0.308. The number of likely N-dealkylation sites (N-methyl/N-ethyl adjacent to an activating group) is 1. The van der Waals surface area contributed by atoms with E-state index in [1.165, 1.54) is 16.8 Å². The van der Waals surface area contributed by atoms with Crippen molar-refractivity contribution in [1.82, 2.24) is 34.1 Å². The Balaban J connectivity index is 1.33. The zero-order valence-corrected chi connectivity index (χ0v) is 15.0. The van der Waals surface area contributed by atoms with Gasteiger partial charge in [0.25, 0.3) is 10.0 Å². The normalized spacial score (nSPS) is 18.6. The Kier molecular flexibility index (Phi) is 3.31. The van der Waals surface area contributed by atoms with Gasteiger partial charge in [0.15, 0.2) is 16.5 Å². The van der Waals surface area contributed by atoms with Crippen LogP contribution in [0.3, 0.4) is 0 Å². The molecule has 1 saturated carbocycles. The van der Waals surface area contributed by atoms with E-state index in [0.29, 0.717) is 19.0 Å². The fourth-order valence-electron chi connectivity index (χ4n) is 3.17. The minimum absolute atomic E-state index is 0.107. The number of nitrogens with zero attached hydrogens (tertiary/aromatic N) is 7. The molecule has 1 saturated heterocycles. The highest BCUT2D eigenvalue weighted by molar-refractivity contribution is 7.89. The molecular formula is C15H18N8O2S. The van der Waals surface area contributed by atoms with E-state index in [0.717, 1.165) is 30.1 Å². The molecule has 4 heterocycles. The van der Waals surface area contributed by atoms with Crippen LogP contribution in [-0.2, 0) is 10.0 Å². The number of rotatable bonds is 5. The summed E-state index contributed by atoms with van der Waals surface area (Å²) >= 11 is 0. The van der Waals surface area contributed by atoms with Crippen LogP contribution in [0.1, 0.15) is 24.6 Å². The average molecular weight is 374 g/mol. The van der Waals surface area contributed by atoms with Crippen LogP contribution in [0.25, 0.3) is 5.65 Å². The maximum Gasteiger partial charge on any atom is 0.260 e. The molecule has 1 aliphatic heterocycles. The van der Waals surface area contributed by atoms with Crippen LogP contribution in [0.15, 0.2) is 29.7 Å². The van der Waals surface area contributed by atoms with Crippen LogP contribution in [0, 0.1) is 0 Å². The summed E-state index contributed by atoms with van der Waals surface area (Å²) < 4.78 is 28.3. The number of fused-ring (bicyclic) bond motifs is 1. The molecule has 0 spiro atoms. The summed E-state index contributed by atoms with van der Waals surface area (Å²) in [6, 6.07) is 3.70.